The summed E-state index contributed by atoms with van der Waals surface area (Å²) in [5.74, 6) is 0.217. The van der Waals surface area contributed by atoms with Gasteiger partial charge in [-0.25, -0.2) is 0 Å². The molecule has 1 atom stereocenters. The van der Waals surface area contributed by atoms with E-state index in [2.05, 4.69) is 54.0 Å². The molecule has 0 radical (unpaired) electrons. The minimum absolute atomic E-state index is 0.0527. The second-order valence-electron chi connectivity index (χ2n) is 7.72. The van der Waals surface area contributed by atoms with Gasteiger partial charge in [-0.15, -0.1) is 0 Å². The van der Waals surface area contributed by atoms with Gasteiger partial charge >= 0.3 is 0 Å². The van der Waals surface area contributed by atoms with Crippen LogP contribution in [-0.2, 0) is 9.59 Å². The maximum Gasteiger partial charge on any atom is 0.278 e. The first-order chi connectivity index (χ1) is 14.1. The number of carbonyl (C=O) groups is 2. The number of carbonyl (C=O) groups excluding carboxylic acids is 2. The Morgan fingerprint density at radius 3 is 2.28 bits per heavy atom. The van der Waals surface area contributed by atoms with Crippen molar-refractivity contribution in [2.75, 3.05) is 46.3 Å². The van der Waals surface area contributed by atoms with Gasteiger partial charge in [-0.05, 0) is 6.92 Å². The van der Waals surface area contributed by atoms with Crippen LogP contribution < -0.4 is 15.5 Å². The largest absolute Gasteiger partial charge is 0.354 e. The van der Waals surface area contributed by atoms with Crippen LogP contribution in [0.3, 0.4) is 0 Å². The number of nitrogens with zero attached hydrogens (tertiary/aromatic N) is 1. The van der Waals surface area contributed by atoms with Gasteiger partial charge in [0.25, 0.3) is 11.8 Å². The van der Waals surface area contributed by atoms with Crippen molar-refractivity contribution in [1.29, 1.82) is 0 Å². The van der Waals surface area contributed by atoms with Crippen LogP contribution in [0.4, 0.5) is 0 Å². The predicted molar refractivity (Wildman–Crippen MR) is 112 cm³/mol. The van der Waals surface area contributed by atoms with E-state index >= 15 is 0 Å². The zero-order chi connectivity index (χ0) is 20.6. The quantitative estimate of drug-likeness (QED) is 0.569. The van der Waals surface area contributed by atoms with E-state index in [0.29, 0.717) is 26.2 Å². The highest BCUT2D eigenvalue weighted by molar-refractivity contribution is 5.77. The Kier molecular flexibility index (Phi) is 7.38. The fourth-order valence-electron chi connectivity index (χ4n) is 3.81. The molecule has 1 fully saturated rings. The molecule has 3 rings (SSSR count). The number of quaternary nitrogens is 2. The molecular weight excluding hydrogens is 364 g/mol. The summed E-state index contributed by atoms with van der Waals surface area (Å²) in [6, 6.07) is 19.0. The van der Waals surface area contributed by atoms with E-state index < -0.39 is 0 Å². The van der Waals surface area contributed by atoms with Crippen LogP contribution in [0, 0.1) is 6.92 Å². The van der Waals surface area contributed by atoms with E-state index in [1.165, 1.54) is 21.6 Å². The molecule has 2 aromatic rings. The molecular formula is C23H32N4O2+2. The molecule has 0 unspecified atom stereocenters. The highest BCUT2D eigenvalue weighted by atomic mass is 16.2. The number of benzene rings is 2. The lowest BCUT2D eigenvalue weighted by molar-refractivity contribution is -0.896. The number of likely N-dealkylation sites (N-methyl/N-ethyl adjacent to an activating group) is 1. The van der Waals surface area contributed by atoms with E-state index in [9.17, 15) is 9.59 Å². The van der Waals surface area contributed by atoms with E-state index in [0.717, 1.165) is 13.1 Å². The molecule has 1 aliphatic heterocycles. The van der Waals surface area contributed by atoms with Gasteiger partial charge in [0.15, 0.2) is 13.1 Å². The van der Waals surface area contributed by atoms with Crippen molar-refractivity contribution in [2.45, 2.75) is 13.0 Å². The van der Waals surface area contributed by atoms with Crippen LogP contribution in [0.5, 0.6) is 0 Å². The van der Waals surface area contributed by atoms with Crippen molar-refractivity contribution < 1.29 is 19.8 Å². The number of aryl methyl sites for hydroxylation is 1. The van der Waals surface area contributed by atoms with Crippen LogP contribution in [-0.4, -0.2) is 63.0 Å². The van der Waals surface area contributed by atoms with Gasteiger partial charge in [0.05, 0.1) is 26.2 Å². The molecule has 1 saturated heterocycles. The molecule has 2 aromatic carbocycles. The maximum absolute atomic E-state index is 12.8. The fourth-order valence-corrected chi connectivity index (χ4v) is 3.81. The third-order valence-corrected chi connectivity index (χ3v) is 5.64. The maximum atomic E-state index is 12.8. The molecule has 6 heteroatoms. The van der Waals surface area contributed by atoms with Gasteiger partial charge in [-0.2, -0.15) is 0 Å². The van der Waals surface area contributed by atoms with Crippen LogP contribution in [0.1, 0.15) is 22.7 Å². The van der Waals surface area contributed by atoms with Crippen molar-refractivity contribution in [1.82, 2.24) is 10.2 Å². The molecule has 0 saturated carbocycles. The lowest BCUT2D eigenvalue weighted by Gasteiger charge is -2.31. The minimum Gasteiger partial charge on any atom is -0.354 e. The number of amides is 2. The molecule has 6 nitrogen and oxygen atoms in total. The molecule has 1 heterocycles. The molecule has 2 amide bonds. The van der Waals surface area contributed by atoms with E-state index in [1.807, 2.05) is 23.1 Å². The van der Waals surface area contributed by atoms with Crippen molar-refractivity contribution in [3.8, 4) is 0 Å². The summed E-state index contributed by atoms with van der Waals surface area (Å²) in [6.45, 7) is 6.03. The summed E-state index contributed by atoms with van der Waals surface area (Å²) >= 11 is 0. The lowest BCUT2D eigenvalue weighted by atomic mass is 9.98. The average molecular weight is 397 g/mol. The molecule has 0 spiro atoms. The Labute approximate surface area is 172 Å². The monoisotopic (exact) mass is 396 g/mol. The van der Waals surface area contributed by atoms with Crippen molar-refractivity contribution in [2.24, 2.45) is 0 Å². The SMILES string of the molecule is CNC(=O)C[NH+]1CCN(C(=O)C[NH2+][C@H](c2ccccc2)c2ccc(C)cc2)CC1. The van der Waals surface area contributed by atoms with Gasteiger partial charge in [-0.1, -0.05) is 60.2 Å². The number of nitrogens with one attached hydrogen (secondary N) is 2. The summed E-state index contributed by atoms with van der Waals surface area (Å²) in [7, 11) is 1.66. The third-order valence-electron chi connectivity index (χ3n) is 5.64. The highest BCUT2D eigenvalue weighted by Crippen LogP contribution is 2.18. The standard InChI is InChI=1S/C23H30N4O2/c1-18-8-10-20(11-9-18)23(19-6-4-3-5-7-19)25-16-22(29)27-14-12-26(13-15-27)17-21(28)24-2/h3-11,23,25H,12-17H2,1-2H3,(H,24,28)/p+2/t23-/m1/s1. The Morgan fingerprint density at radius 1 is 1.03 bits per heavy atom. The molecule has 0 bridgehead atoms. The van der Waals surface area contributed by atoms with Gasteiger partial charge in [0.2, 0.25) is 0 Å². The summed E-state index contributed by atoms with van der Waals surface area (Å²) in [5, 5.41) is 4.80. The second-order valence-corrected chi connectivity index (χ2v) is 7.72. The zero-order valence-corrected chi connectivity index (χ0v) is 17.4. The summed E-state index contributed by atoms with van der Waals surface area (Å²) in [5.41, 5.74) is 3.63. The lowest BCUT2D eigenvalue weighted by Crippen LogP contribution is -3.16. The van der Waals surface area contributed by atoms with Crippen LogP contribution >= 0.6 is 0 Å². The van der Waals surface area contributed by atoms with Gasteiger partial charge < -0.3 is 20.4 Å². The fraction of sp³-hybridized carbons (Fsp3) is 0.391. The predicted octanol–water partition coefficient (Wildman–Crippen LogP) is -0.879. The van der Waals surface area contributed by atoms with Crippen LogP contribution in [0.2, 0.25) is 0 Å². The zero-order valence-electron chi connectivity index (χ0n) is 17.4. The van der Waals surface area contributed by atoms with Crippen molar-refractivity contribution >= 4 is 11.8 Å². The first kappa shape index (κ1) is 21.0. The Bertz CT molecular complexity index is 799. The molecule has 1 aliphatic rings. The molecule has 0 aromatic heterocycles. The summed E-state index contributed by atoms with van der Waals surface area (Å²) in [4.78, 5) is 27.5. The van der Waals surface area contributed by atoms with Gasteiger partial charge in [0, 0.05) is 18.2 Å². The Balaban J connectivity index is 1.59. The normalized spacial score (nSPS) is 15.7. The minimum atomic E-state index is 0.0527. The van der Waals surface area contributed by atoms with Gasteiger partial charge in [0.1, 0.15) is 6.04 Å². The van der Waals surface area contributed by atoms with Crippen LogP contribution in [0.25, 0.3) is 0 Å². The Morgan fingerprint density at radius 2 is 1.66 bits per heavy atom. The first-order valence-corrected chi connectivity index (χ1v) is 10.3. The molecule has 154 valence electrons. The van der Waals surface area contributed by atoms with E-state index in [4.69, 9.17) is 0 Å². The molecule has 29 heavy (non-hydrogen) atoms. The van der Waals surface area contributed by atoms with Crippen molar-refractivity contribution in [3.63, 3.8) is 0 Å². The van der Waals surface area contributed by atoms with Crippen LogP contribution in [0.15, 0.2) is 54.6 Å². The second kappa shape index (κ2) is 10.2. The highest BCUT2D eigenvalue weighted by Gasteiger charge is 2.27. The number of nitrogens with two attached hydrogens (primary N) is 1. The molecule has 4 N–H and O–H groups in total. The number of piperazine rings is 1. The Hall–Kier alpha value is -2.70. The van der Waals surface area contributed by atoms with Crippen molar-refractivity contribution in [3.05, 3.63) is 71.3 Å². The number of hydrogen-bond acceptors (Lipinski definition) is 2. The van der Waals surface area contributed by atoms with E-state index in [1.54, 1.807) is 7.05 Å². The van der Waals surface area contributed by atoms with E-state index in [-0.39, 0.29) is 17.9 Å². The first-order valence-electron chi connectivity index (χ1n) is 10.3. The number of hydrogen-bond donors (Lipinski definition) is 3. The van der Waals surface area contributed by atoms with Gasteiger partial charge in [-0.3, -0.25) is 9.59 Å². The third kappa shape index (κ3) is 5.89. The topological polar surface area (TPSA) is 70.5 Å². The molecule has 0 aliphatic carbocycles. The summed E-state index contributed by atoms with van der Waals surface area (Å²) in [6.07, 6.45) is 0. The summed E-state index contributed by atoms with van der Waals surface area (Å²) < 4.78 is 0. The smallest absolute Gasteiger partial charge is 0.278 e. The number of rotatable bonds is 7. The average Bonchev–Trinajstić information content (AvgIpc) is 2.76.